The minimum Gasteiger partial charge on any atom is -0.870 e. The summed E-state index contributed by atoms with van der Waals surface area (Å²) in [6.07, 6.45) is 15.1. The lowest BCUT2D eigenvalue weighted by atomic mass is 10.0. The molecule has 2 aromatic carbocycles. The summed E-state index contributed by atoms with van der Waals surface area (Å²) in [6.45, 7) is -2.72. The number of rotatable bonds is 23. The third-order valence-electron chi connectivity index (χ3n) is 12.9. The van der Waals surface area contributed by atoms with Crippen LogP contribution in [0.1, 0.15) is 93.3 Å². The van der Waals surface area contributed by atoms with E-state index in [-0.39, 0.29) is 78.0 Å². The van der Waals surface area contributed by atoms with Gasteiger partial charge < -0.3 is 49.3 Å². The largest absolute Gasteiger partial charge is 0.870 e. The molecule has 4 heterocycles. The van der Waals surface area contributed by atoms with E-state index in [0.29, 0.717) is 85.8 Å². The molecule has 0 amide bonds. The van der Waals surface area contributed by atoms with Crippen molar-refractivity contribution in [2.24, 2.45) is 23.7 Å². The molecule has 81 heavy (non-hydrogen) atoms. The van der Waals surface area contributed by atoms with E-state index < -0.39 is 36.8 Å². The number of benzene rings is 2. The maximum Gasteiger partial charge on any atom is 0.387 e. The molecule has 2 aliphatic heterocycles. The Hall–Kier alpha value is -3.78. The highest BCUT2D eigenvalue weighted by atomic mass is 35.5. The molecule has 0 spiro atoms. The lowest BCUT2D eigenvalue weighted by Gasteiger charge is -2.26. The Bertz CT molecular complexity index is 2550. The van der Waals surface area contributed by atoms with Crippen molar-refractivity contribution in [3.05, 3.63) is 104 Å². The van der Waals surface area contributed by atoms with Crippen LogP contribution < -0.4 is 34.2 Å². The van der Waals surface area contributed by atoms with Crippen LogP contribution in [0.4, 0.5) is 17.6 Å². The zero-order valence-electron chi connectivity index (χ0n) is 43.4. The van der Waals surface area contributed by atoms with Crippen molar-refractivity contribution >= 4 is 101 Å². The first kappa shape index (κ1) is 71.5. The third kappa shape index (κ3) is 23.0. The zero-order valence-corrected chi connectivity index (χ0v) is 48.8. The average Bonchev–Trinajstić information content (AvgIpc) is 4.20. The van der Waals surface area contributed by atoms with Gasteiger partial charge >= 0.3 is 25.2 Å². The molecule has 4 aromatic rings. The topological polar surface area (TPSA) is 230 Å². The fraction of sp³-hybridized carbons (Fsp3) is 0.537. The van der Waals surface area contributed by atoms with Crippen LogP contribution in [0.3, 0.4) is 0 Å². The number of pyridine rings is 2. The summed E-state index contributed by atoms with van der Waals surface area (Å²) in [6, 6.07) is 9.19. The molecule has 0 unspecified atom stereocenters. The maximum absolute atomic E-state index is 13.4. The summed E-state index contributed by atoms with van der Waals surface area (Å²) >= 11 is 28.5. The van der Waals surface area contributed by atoms with E-state index in [1.54, 1.807) is 60.8 Å². The number of halogens is 9. The number of carbonyl (C=O) groups excluding carboxylic acids is 3. The number of aliphatic hydroxyl groups excluding tert-OH is 1. The normalized spacial score (nSPS) is 18.6. The number of aldehydes is 1. The van der Waals surface area contributed by atoms with Crippen molar-refractivity contribution in [2.45, 2.75) is 108 Å². The standard InChI is InChI=1S/C26H28Cl2F2N2O4S.C22H22Cl2F2N2O4S.C4H6O.CH4O.CH4.ClH.2H2O/c27-19-11-31-12-20(28)18(19)10-22(35-25(33)24-32(7-8-37-24)13-15-1-2-15)17-5-6-21(36-26(29)30)23(9-17)34-14-16-3-4-16;23-15-9-27-10-16(24)14(15)8-18(31-21(29)20-28-5-6-33-20)13-3-4-17(32-22(25)26)19(7-13)30-11-12-1-2-12;5-3-4-1-2-4;1-2;;;;/h5-6,9,11-12,15-16,22,24,26H,1-4,7-8,10,13-14H2;3-4,7,9-10,12,18,20,22,28H,1-2,5-6,8,11H2;3-4H,1-2H2;2H,1H3;1H4;1H;2*1H2/t22-,24-;18-,20-;;;;;;/m00....../s1. The smallest absolute Gasteiger partial charge is 0.387 e. The number of hydrogen-bond acceptors (Lipinski definition) is 16. The second-order valence-electron chi connectivity index (χ2n) is 19.0. The van der Waals surface area contributed by atoms with Crippen molar-refractivity contribution in [3.8, 4) is 23.0 Å². The SMILES string of the molecule is C.CO.Cl.O=C(O[C@@H](Cc1c(Cl)c[nH+]cc1Cl)c1ccc(OC(F)F)c(OCC2CC2)c1)[C@@H]1SCCN1CC1CC1.O=C(O[C@@H](Cc1c(Cl)c[nH+]cc1Cl)c1ccc(OC(F)F)c(OCC2CC2)c1)[C@H]1NCCS1.O=CC1CC1.[OH-].[OH-]. The third-order valence-corrected chi connectivity index (χ3v) is 16.6. The van der Waals surface area contributed by atoms with Gasteiger partial charge in [-0.15, -0.1) is 35.9 Å². The maximum atomic E-state index is 13.4. The number of aliphatic hydroxyl groups is 1. The van der Waals surface area contributed by atoms with E-state index in [1.165, 1.54) is 36.7 Å². The van der Waals surface area contributed by atoms with Gasteiger partial charge in [0.1, 0.15) is 38.6 Å². The minimum absolute atomic E-state index is 0. The van der Waals surface area contributed by atoms with E-state index in [0.717, 1.165) is 76.5 Å². The highest BCUT2D eigenvalue weighted by Crippen LogP contribution is 2.41. The van der Waals surface area contributed by atoms with Crippen LogP contribution in [0.15, 0.2) is 61.2 Å². The van der Waals surface area contributed by atoms with Crippen molar-refractivity contribution in [1.29, 1.82) is 0 Å². The van der Waals surface area contributed by atoms with Crippen molar-refractivity contribution in [3.63, 3.8) is 0 Å². The Morgan fingerprint density at radius 3 is 1.49 bits per heavy atom. The fourth-order valence-electron chi connectivity index (χ4n) is 7.97. The lowest BCUT2D eigenvalue weighted by molar-refractivity contribution is -0.378. The Kier molecular flexibility index (Phi) is 31.3. The van der Waals surface area contributed by atoms with Crippen LogP contribution in [-0.4, -0.2) is 115 Å². The summed E-state index contributed by atoms with van der Waals surface area (Å²) in [5, 5.41) is 10.8. The van der Waals surface area contributed by atoms with E-state index in [9.17, 15) is 31.9 Å². The molecular formula is C54H69Cl5F4N4O12S2. The molecule has 16 nitrogen and oxygen atoms in total. The second-order valence-corrected chi connectivity index (χ2v) is 23.1. The predicted molar refractivity (Wildman–Crippen MR) is 303 cm³/mol. The first-order valence-electron chi connectivity index (χ1n) is 25.3. The van der Waals surface area contributed by atoms with Gasteiger partial charge in [0, 0.05) is 68.1 Å². The molecule has 4 aliphatic carbocycles. The summed E-state index contributed by atoms with van der Waals surface area (Å²) in [5.41, 5.74) is 2.34. The highest BCUT2D eigenvalue weighted by molar-refractivity contribution is 8.01. The predicted octanol–water partition coefficient (Wildman–Crippen LogP) is 11.4. The molecular weight excluding hydrogens is 1210 g/mol. The quantitative estimate of drug-likeness (QED) is 0.0399. The molecule has 2 saturated heterocycles. The molecule has 27 heteroatoms. The van der Waals surface area contributed by atoms with Crippen LogP contribution in [0, 0.1) is 23.7 Å². The van der Waals surface area contributed by atoms with Gasteiger partial charge in [0.25, 0.3) is 0 Å². The van der Waals surface area contributed by atoms with Crippen LogP contribution in [0.2, 0.25) is 20.1 Å². The number of nitrogens with zero attached hydrogens (tertiary/aromatic N) is 1. The molecule has 452 valence electrons. The van der Waals surface area contributed by atoms with Crippen LogP contribution in [0.25, 0.3) is 0 Å². The van der Waals surface area contributed by atoms with Gasteiger partial charge in [0.15, 0.2) is 58.5 Å². The number of esters is 2. The molecule has 4 saturated carbocycles. The van der Waals surface area contributed by atoms with E-state index in [2.05, 4.69) is 29.7 Å². The summed E-state index contributed by atoms with van der Waals surface area (Å²) in [4.78, 5) is 43.7. The molecule has 2 aromatic heterocycles. The van der Waals surface area contributed by atoms with E-state index in [4.69, 9.17) is 70.5 Å². The van der Waals surface area contributed by atoms with Crippen LogP contribution >= 0.6 is 82.3 Å². The van der Waals surface area contributed by atoms with Gasteiger partial charge in [-0.1, -0.05) is 66.0 Å². The number of aromatic amines is 2. The number of hydrogen-bond donors (Lipinski definition) is 2. The van der Waals surface area contributed by atoms with Crippen molar-refractivity contribution < 1.29 is 86.4 Å². The first-order chi connectivity index (χ1) is 37.2. The molecule has 6 fully saturated rings. The number of carbonyl (C=O) groups is 3. The molecule has 4 atom stereocenters. The van der Waals surface area contributed by atoms with Gasteiger partial charge in [-0.05, 0) is 105 Å². The molecule has 10 rings (SSSR count). The number of thioether (sulfide) groups is 2. The summed E-state index contributed by atoms with van der Waals surface area (Å²) < 4.78 is 84.8. The molecule has 6 aliphatic rings. The Morgan fingerprint density at radius 2 is 1.12 bits per heavy atom. The monoisotopic (exact) mass is 1280 g/mol. The van der Waals surface area contributed by atoms with E-state index in [1.807, 2.05) is 0 Å². The van der Waals surface area contributed by atoms with Crippen molar-refractivity contribution in [1.82, 2.24) is 10.2 Å². The summed E-state index contributed by atoms with van der Waals surface area (Å²) in [5.74, 6) is 3.06. The van der Waals surface area contributed by atoms with Gasteiger partial charge in [-0.25, -0.2) is 19.6 Å². The van der Waals surface area contributed by atoms with E-state index >= 15 is 0 Å². The van der Waals surface area contributed by atoms with Gasteiger partial charge in [0.05, 0.1) is 13.2 Å². The number of alkyl halides is 4. The second kappa shape index (κ2) is 35.5. The first-order valence-corrected chi connectivity index (χ1v) is 28.9. The fourth-order valence-corrected chi connectivity index (χ4v) is 11.1. The number of H-pyrrole nitrogens is 2. The van der Waals surface area contributed by atoms with Crippen LogP contribution in [-0.2, 0) is 36.7 Å². The van der Waals surface area contributed by atoms with Gasteiger partial charge in [-0.3, -0.25) is 10.2 Å². The van der Waals surface area contributed by atoms with Crippen LogP contribution in [0.5, 0.6) is 23.0 Å². The zero-order chi connectivity index (χ0) is 55.0. The number of ether oxygens (including phenoxy) is 6. The van der Waals surface area contributed by atoms with Crippen molar-refractivity contribution in [2.75, 3.05) is 51.5 Å². The minimum atomic E-state index is -2.99. The average molecular weight is 1280 g/mol. The Labute approximate surface area is 503 Å². The molecule has 0 radical (unpaired) electrons. The molecule has 6 N–H and O–H groups in total. The Morgan fingerprint density at radius 1 is 0.679 bits per heavy atom. The lowest BCUT2D eigenvalue weighted by Crippen LogP contribution is -2.37. The molecule has 0 bridgehead atoms. The summed E-state index contributed by atoms with van der Waals surface area (Å²) in [7, 11) is 1.00. The van der Waals surface area contributed by atoms with Gasteiger partial charge in [0.2, 0.25) is 0 Å². The highest BCUT2D eigenvalue weighted by Gasteiger charge is 2.38. The number of nitrogens with one attached hydrogen (secondary N) is 3. The Balaban J connectivity index is 0.000000365. The van der Waals surface area contributed by atoms with Gasteiger partial charge in [-0.2, -0.15) is 17.6 Å². The number of aromatic nitrogens is 2.